The lowest BCUT2D eigenvalue weighted by atomic mass is 10.2. The third-order valence-electron chi connectivity index (χ3n) is 5.37. The number of ether oxygens (including phenoxy) is 1. The first kappa shape index (κ1) is 23.8. The van der Waals surface area contributed by atoms with Gasteiger partial charge in [0.2, 0.25) is 0 Å². The number of carbonyl (C=O) groups is 1. The molecule has 1 aromatic heterocycles. The van der Waals surface area contributed by atoms with Crippen molar-refractivity contribution >= 4 is 54.9 Å². The van der Waals surface area contributed by atoms with Crippen molar-refractivity contribution in [3.63, 3.8) is 0 Å². The van der Waals surface area contributed by atoms with E-state index >= 15 is 0 Å². The summed E-state index contributed by atoms with van der Waals surface area (Å²) in [7, 11) is 0. The lowest BCUT2D eigenvalue weighted by Gasteiger charge is -2.10. The van der Waals surface area contributed by atoms with Crippen molar-refractivity contribution in [3.05, 3.63) is 127 Å². The Morgan fingerprint density at radius 3 is 2.22 bits per heavy atom. The lowest BCUT2D eigenvalue weighted by molar-refractivity contribution is 0.0734. The summed E-state index contributed by atoms with van der Waals surface area (Å²) in [6.07, 6.45) is 1.49. The monoisotopic (exact) mass is 601 g/mol. The van der Waals surface area contributed by atoms with Crippen molar-refractivity contribution in [2.24, 2.45) is 5.10 Å². The van der Waals surface area contributed by atoms with Gasteiger partial charge in [-0.15, -0.1) is 0 Å². The highest BCUT2D eigenvalue weighted by atomic mass is 79.9. The Morgan fingerprint density at radius 1 is 0.833 bits per heavy atom. The van der Waals surface area contributed by atoms with Crippen LogP contribution in [-0.2, 0) is 0 Å². The molecule has 0 radical (unpaired) electrons. The van der Waals surface area contributed by atoms with E-state index in [-0.39, 0.29) is 5.56 Å². The first-order chi connectivity index (χ1) is 17.5. The molecule has 0 atom stereocenters. The molecule has 0 aliphatic carbocycles. The fourth-order valence-corrected chi connectivity index (χ4v) is 4.09. The Morgan fingerprint density at radius 2 is 1.47 bits per heavy atom. The molecular formula is C28H17Br2N3O3. The standard InChI is InChI=1S/C28H17Br2N3O3/c29-21-13-9-18(10-14-21)26-32-24-7-3-2-6-23(24)27(34)33(26)31-17-20-5-1-4-8-25(20)36-28(35)19-11-15-22(30)16-12-19/h1-17H. The van der Waals surface area contributed by atoms with Gasteiger partial charge in [0.25, 0.3) is 5.56 Å². The van der Waals surface area contributed by atoms with Gasteiger partial charge in [0.1, 0.15) is 5.75 Å². The number of nitrogens with zero attached hydrogens (tertiary/aromatic N) is 3. The van der Waals surface area contributed by atoms with Crippen LogP contribution in [0.4, 0.5) is 0 Å². The number of para-hydroxylation sites is 2. The maximum atomic E-state index is 13.4. The van der Waals surface area contributed by atoms with Crippen LogP contribution < -0.4 is 10.3 Å². The van der Waals surface area contributed by atoms with E-state index in [9.17, 15) is 9.59 Å². The second kappa shape index (κ2) is 10.4. The van der Waals surface area contributed by atoms with Crippen molar-refractivity contribution < 1.29 is 9.53 Å². The van der Waals surface area contributed by atoms with E-state index in [4.69, 9.17) is 9.72 Å². The van der Waals surface area contributed by atoms with Crippen molar-refractivity contribution in [1.29, 1.82) is 0 Å². The molecule has 4 aromatic carbocycles. The molecule has 0 amide bonds. The molecule has 0 saturated heterocycles. The van der Waals surface area contributed by atoms with Crippen LogP contribution >= 0.6 is 31.9 Å². The molecule has 0 aliphatic rings. The zero-order chi connectivity index (χ0) is 25.1. The Hall–Kier alpha value is -3.88. The molecule has 8 heteroatoms. The van der Waals surface area contributed by atoms with Gasteiger partial charge < -0.3 is 4.74 Å². The number of benzene rings is 4. The number of esters is 1. The predicted octanol–water partition coefficient (Wildman–Crippen LogP) is 6.69. The Kier molecular flexibility index (Phi) is 6.88. The lowest BCUT2D eigenvalue weighted by Crippen LogP contribution is -2.20. The maximum Gasteiger partial charge on any atom is 0.343 e. The minimum Gasteiger partial charge on any atom is -0.422 e. The molecule has 5 aromatic rings. The van der Waals surface area contributed by atoms with E-state index in [1.807, 2.05) is 30.3 Å². The highest BCUT2D eigenvalue weighted by Crippen LogP contribution is 2.23. The molecule has 6 nitrogen and oxygen atoms in total. The molecule has 36 heavy (non-hydrogen) atoms. The molecule has 1 heterocycles. The summed E-state index contributed by atoms with van der Waals surface area (Å²) in [6, 6.07) is 28.5. The first-order valence-corrected chi connectivity index (χ1v) is 12.5. The van der Waals surface area contributed by atoms with E-state index < -0.39 is 5.97 Å². The molecule has 0 fully saturated rings. The van der Waals surface area contributed by atoms with Crippen molar-refractivity contribution in [2.45, 2.75) is 0 Å². The first-order valence-electron chi connectivity index (χ1n) is 10.9. The van der Waals surface area contributed by atoms with Crippen LogP contribution in [0.5, 0.6) is 5.75 Å². The summed E-state index contributed by atoms with van der Waals surface area (Å²) in [4.78, 5) is 30.8. The number of rotatable bonds is 5. The SMILES string of the molecule is O=C(Oc1ccccc1C=Nn1c(-c2ccc(Br)cc2)nc2ccccc2c1=O)c1ccc(Br)cc1. The Bertz CT molecular complexity index is 1660. The molecule has 0 aliphatic heterocycles. The highest BCUT2D eigenvalue weighted by Gasteiger charge is 2.14. The van der Waals surface area contributed by atoms with E-state index in [2.05, 4.69) is 37.0 Å². The van der Waals surface area contributed by atoms with E-state index in [0.29, 0.717) is 33.6 Å². The number of hydrogen-bond donors (Lipinski definition) is 0. The molecule has 0 spiro atoms. The largest absolute Gasteiger partial charge is 0.422 e. The fourth-order valence-electron chi connectivity index (χ4n) is 3.56. The topological polar surface area (TPSA) is 73.5 Å². The van der Waals surface area contributed by atoms with Gasteiger partial charge in [0.05, 0.1) is 22.7 Å². The van der Waals surface area contributed by atoms with Gasteiger partial charge in [-0.05, 0) is 60.7 Å². The van der Waals surface area contributed by atoms with Crippen LogP contribution in [0, 0.1) is 0 Å². The van der Waals surface area contributed by atoms with Gasteiger partial charge in [-0.25, -0.2) is 9.78 Å². The van der Waals surface area contributed by atoms with E-state index in [1.54, 1.807) is 66.7 Å². The zero-order valence-corrected chi connectivity index (χ0v) is 21.8. The molecule has 0 unspecified atom stereocenters. The maximum absolute atomic E-state index is 13.4. The summed E-state index contributed by atoms with van der Waals surface area (Å²) < 4.78 is 8.67. The Labute approximate surface area is 223 Å². The van der Waals surface area contributed by atoms with Crippen LogP contribution in [0.1, 0.15) is 15.9 Å². The predicted molar refractivity (Wildman–Crippen MR) is 148 cm³/mol. The number of carbonyl (C=O) groups excluding carboxylic acids is 1. The van der Waals surface area contributed by atoms with Gasteiger partial charge in [-0.3, -0.25) is 4.79 Å². The second-order valence-corrected chi connectivity index (χ2v) is 9.59. The average Bonchev–Trinajstić information content (AvgIpc) is 2.90. The van der Waals surface area contributed by atoms with Gasteiger partial charge in [-0.2, -0.15) is 9.78 Å². The number of hydrogen-bond acceptors (Lipinski definition) is 5. The third kappa shape index (κ3) is 5.05. The van der Waals surface area contributed by atoms with Gasteiger partial charge >= 0.3 is 5.97 Å². The normalized spacial score (nSPS) is 11.2. The fraction of sp³-hybridized carbons (Fsp3) is 0. The summed E-state index contributed by atoms with van der Waals surface area (Å²) >= 11 is 6.80. The quantitative estimate of drug-likeness (QED) is 0.128. The molecule has 176 valence electrons. The molecule has 0 saturated carbocycles. The molecule has 5 rings (SSSR count). The van der Waals surface area contributed by atoms with Crippen molar-refractivity contribution in [3.8, 4) is 17.1 Å². The number of fused-ring (bicyclic) bond motifs is 1. The smallest absolute Gasteiger partial charge is 0.343 e. The number of aromatic nitrogens is 2. The van der Waals surface area contributed by atoms with Crippen molar-refractivity contribution in [1.82, 2.24) is 9.66 Å². The summed E-state index contributed by atoms with van der Waals surface area (Å²) in [5.74, 6) is 0.219. The average molecular weight is 603 g/mol. The van der Waals surface area contributed by atoms with Gasteiger partial charge in [0.15, 0.2) is 5.82 Å². The van der Waals surface area contributed by atoms with Crippen LogP contribution in [0.15, 0.2) is 116 Å². The minimum absolute atomic E-state index is 0.306. The summed E-state index contributed by atoms with van der Waals surface area (Å²) in [6.45, 7) is 0. The van der Waals surface area contributed by atoms with Crippen LogP contribution in [0.2, 0.25) is 0 Å². The van der Waals surface area contributed by atoms with Crippen LogP contribution in [-0.4, -0.2) is 21.8 Å². The molecule has 0 N–H and O–H groups in total. The minimum atomic E-state index is -0.497. The highest BCUT2D eigenvalue weighted by molar-refractivity contribution is 9.10. The molecule has 0 bridgehead atoms. The summed E-state index contributed by atoms with van der Waals surface area (Å²) in [5.41, 5.74) is 1.95. The Balaban J connectivity index is 1.56. The third-order valence-corrected chi connectivity index (χ3v) is 6.43. The van der Waals surface area contributed by atoms with E-state index in [0.717, 1.165) is 14.5 Å². The van der Waals surface area contributed by atoms with Gasteiger partial charge in [-0.1, -0.05) is 68.3 Å². The second-order valence-electron chi connectivity index (χ2n) is 7.76. The molecular weight excluding hydrogens is 586 g/mol. The number of halogens is 2. The zero-order valence-electron chi connectivity index (χ0n) is 18.6. The van der Waals surface area contributed by atoms with Crippen LogP contribution in [0.25, 0.3) is 22.3 Å². The summed E-state index contributed by atoms with van der Waals surface area (Å²) in [5, 5.41) is 4.93. The van der Waals surface area contributed by atoms with Crippen molar-refractivity contribution in [2.75, 3.05) is 0 Å². The van der Waals surface area contributed by atoms with Crippen LogP contribution in [0.3, 0.4) is 0 Å². The van der Waals surface area contributed by atoms with Gasteiger partial charge in [0, 0.05) is 20.1 Å². The van der Waals surface area contributed by atoms with E-state index in [1.165, 1.54) is 10.9 Å².